The summed E-state index contributed by atoms with van der Waals surface area (Å²) in [5.74, 6) is 1.73. The van der Waals surface area contributed by atoms with E-state index in [1.807, 2.05) is 25.4 Å². The van der Waals surface area contributed by atoms with Crippen LogP contribution in [0.15, 0.2) is 42.6 Å². The van der Waals surface area contributed by atoms with E-state index in [0.717, 1.165) is 62.0 Å². The van der Waals surface area contributed by atoms with Crippen LogP contribution >= 0.6 is 0 Å². The van der Waals surface area contributed by atoms with Gasteiger partial charge in [-0.1, -0.05) is 0 Å². The molecule has 0 saturated heterocycles. The minimum absolute atomic E-state index is 0.0964. The molecule has 0 radical (unpaired) electrons. The molecule has 5 rings (SSSR count). The number of nitrogens with one attached hydrogen (secondary N) is 1. The molecule has 29 heavy (non-hydrogen) atoms. The second-order valence-corrected chi connectivity index (χ2v) is 7.44. The molecule has 2 aromatic heterocycles. The fourth-order valence-corrected chi connectivity index (χ4v) is 4.43. The number of fused-ring (bicyclic) bond motifs is 1. The van der Waals surface area contributed by atoms with E-state index in [1.165, 1.54) is 5.56 Å². The first kappa shape index (κ1) is 17.9. The average Bonchev–Trinajstić information content (AvgIpc) is 2.75. The van der Waals surface area contributed by atoms with E-state index in [-0.39, 0.29) is 6.61 Å². The van der Waals surface area contributed by atoms with Gasteiger partial charge in [-0.25, -0.2) is 4.98 Å². The summed E-state index contributed by atoms with van der Waals surface area (Å²) in [6, 6.07) is 12.4. The predicted octanol–water partition coefficient (Wildman–Crippen LogP) is 4.27. The van der Waals surface area contributed by atoms with Crippen LogP contribution in [0.25, 0.3) is 32.9 Å². The number of aromatic nitrogens is 2. The monoisotopic (exact) mass is 385 g/mol. The largest absolute Gasteiger partial charge is 0.493 e. The topological polar surface area (TPSA) is 67.3 Å². The summed E-state index contributed by atoms with van der Waals surface area (Å²) >= 11 is 0. The zero-order chi connectivity index (χ0) is 20.0. The number of aliphatic hydroxyl groups excluding tert-OH is 1. The number of hydrogen-bond donors (Lipinski definition) is 2. The van der Waals surface area contributed by atoms with Gasteiger partial charge in [0.1, 0.15) is 11.6 Å². The van der Waals surface area contributed by atoms with Crippen LogP contribution < -0.4 is 10.1 Å². The number of pyridine rings is 2. The van der Waals surface area contributed by atoms with Crippen LogP contribution in [0, 0.1) is 6.92 Å². The fourth-order valence-electron chi connectivity index (χ4n) is 4.43. The van der Waals surface area contributed by atoms with E-state index in [9.17, 15) is 5.11 Å². The maximum absolute atomic E-state index is 9.76. The molecule has 0 atom stereocenters. The molecule has 3 heterocycles. The summed E-state index contributed by atoms with van der Waals surface area (Å²) in [5, 5.41) is 15.0. The van der Waals surface area contributed by atoms with Gasteiger partial charge in [0.2, 0.25) is 0 Å². The molecule has 0 saturated carbocycles. The summed E-state index contributed by atoms with van der Waals surface area (Å²) < 4.78 is 5.91. The molecular weight excluding hydrogens is 362 g/mol. The highest BCUT2D eigenvalue weighted by Gasteiger charge is 2.21. The Morgan fingerprint density at radius 3 is 2.90 bits per heavy atom. The van der Waals surface area contributed by atoms with Crippen LogP contribution in [0.4, 0.5) is 5.82 Å². The quantitative estimate of drug-likeness (QED) is 0.549. The van der Waals surface area contributed by atoms with E-state index in [4.69, 9.17) is 14.7 Å². The van der Waals surface area contributed by atoms with Crippen LogP contribution in [-0.2, 0) is 12.8 Å². The molecule has 4 aromatic rings. The predicted molar refractivity (Wildman–Crippen MR) is 117 cm³/mol. The summed E-state index contributed by atoms with van der Waals surface area (Å²) in [7, 11) is 1.87. The lowest BCUT2D eigenvalue weighted by Gasteiger charge is -2.22. The molecule has 1 aliphatic rings. The van der Waals surface area contributed by atoms with E-state index in [1.54, 1.807) is 0 Å². The number of anilines is 1. The first-order valence-electron chi connectivity index (χ1n) is 9.97. The van der Waals surface area contributed by atoms with E-state index >= 15 is 0 Å². The van der Waals surface area contributed by atoms with Crippen LogP contribution in [0.5, 0.6) is 5.75 Å². The molecule has 0 spiro atoms. The minimum atomic E-state index is 0.0964. The zero-order valence-electron chi connectivity index (χ0n) is 16.6. The van der Waals surface area contributed by atoms with Crippen molar-refractivity contribution in [3.63, 3.8) is 0 Å². The summed E-state index contributed by atoms with van der Waals surface area (Å²) in [6.45, 7) is 2.88. The fraction of sp³-hybridized carbons (Fsp3) is 0.250. The number of hydrogen-bond acceptors (Lipinski definition) is 5. The SMILES string of the molecule is CNc1ccc2c(-c3ccc4c5c(ccnc35)CCO4)c(CCO)c(C)cc2n1. The first-order chi connectivity index (χ1) is 14.2. The van der Waals surface area contributed by atoms with Crippen molar-refractivity contribution in [1.29, 1.82) is 0 Å². The number of rotatable bonds is 4. The van der Waals surface area contributed by atoms with E-state index in [0.29, 0.717) is 13.0 Å². The molecule has 2 aromatic carbocycles. The Bertz CT molecular complexity index is 1240. The molecule has 5 nitrogen and oxygen atoms in total. The van der Waals surface area contributed by atoms with Gasteiger partial charge in [0.25, 0.3) is 0 Å². The molecule has 0 bridgehead atoms. The molecule has 0 amide bonds. The Morgan fingerprint density at radius 2 is 2.07 bits per heavy atom. The summed E-state index contributed by atoms with van der Waals surface area (Å²) in [4.78, 5) is 9.52. The molecule has 0 aliphatic carbocycles. The number of aliphatic hydroxyl groups is 1. The lowest BCUT2D eigenvalue weighted by Crippen LogP contribution is -2.09. The van der Waals surface area contributed by atoms with Crippen molar-refractivity contribution < 1.29 is 9.84 Å². The Kier molecular flexibility index (Phi) is 4.32. The van der Waals surface area contributed by atoms with Gasteiger partial charge >= 0.3 is 0 Å². The Morgan fingerprint density at radius 1 is 1.17 bits per heavy atom. The molecule has 0 fully saturated rings. The maximum Gasteiger partial charge on any atom is 0.129 e. The van der Waals surface area contributed by atoms with Crippen molar-refractivity contribution in [3.05, 3.63) is 59.3 Å². The lowest BCUT2D eigenvalue weighted by molar-refractivity contribution is 0.299. The molecule has 5 heteroatoms. The van der Waals surface area contributed by atoms with Crippen molar-refractivity contribution in [1.82, 2.24) is 9.97 Å². The third kappa shape index (κ3) is 2.81. The smallest absolute Gasteiger partial charge is 0.129 e. The highest BCUT2D eigenvalue weighted by Crippen LogP contribution is 2.42. The molecule has 1 aliphatic heterocycles. The average molecular weight is 385 g/mol. The van der Waals surface area contributed by atoms with E-state index in [2.05, 4.69) is 36.5 Å². The van der Waals surface area contributed by atoms with Gasteiger partial charge in [0.15, 0.2) is 0 Å². The second kappa shape index (κ2) is 7.01. The van der Waals surface area contributed by atoms with Crippen LogP contribution in [0.3, 0.4) is 0 Å². The number of nitrogens with zero attached hydrogens (tertiary/aromatic N) is 2. The van der Waals surface area contributed by atoms with Crippen LogP contribution in [-0.4, -0.2) is 35.3 Å². The Balaban J connectivity index is 1.90. The van der Waals surface area contributed by atoms with Gasteiger partial charge in [0, 0.05) is 42.6 Å². The molecule has 0 unspecified atom stereocenters. The maximum atomic E-state index is 9.76. The first-order valence-corrected chi connectivity index (χ1v) is 9.97. The van der Waals surface area contributed by atoms with Crippen molar-refractivity contribution in [3.8, 4) is 16.9 Å². The van der Waals surface area contributed by atoms with Gasteiger partial charge < -0.3 is 15.2 Å². The normalized spacial score (nSPS) is 12.9. The van der Waals surface area contributed by atoms with Crippen molar-refractivity contribution >= 4 is 27.6 Å². The minimum Gasteiger partial charge on any atom is -0.493 e. The van der Waals surface area contributed by atoms with Gasteiger partial charge in [-0.05, 0) is 72.0 Å². The highest BCUT2D eigenvalue weighted by molar-refractivity contribution is 6.07. The van der Waals surface area contributed by atoms with E-state index < -0.39 is 0 Å². The van der Waals surface area contributed by atoms with Gasteiger partial charge in [-0.2, -0.15) is 0 Å². The second-order valence-electron chi connectivity index (χ2n) is 7.44. The van der Waals surface area contributed by atoms with Crippen molar-refractivity contribution in [2.45, 2.75) is 19.8 Å². The molecular formula is C24H23N3O2. The Labute approximate surface area is 169 Å². The number of benzene rings is 2. The zero-order valence-corrected chi connectivity index (χ0v) is 16.6. The van der Waals surface area contributed by atoms with Crippen LogP contribution in [0.2, 0.25) is 0 Å². The van der Waals surface area contributed by atoms with Gasteiger partial charge in [-0.15, -0.1) is 0 Å². The summed E-state index contributed by atoms with van der Waals surface area (Å²) in [6.07, 6.45) is 3.36. The summed E-state index contributed by atoms with van der Waals surface area (Å²) in [5.41, 5.74) is 7.58. The van der Waals surface area contributed by atoms with Gasteiger partial charge in [-0.3, -0.25) is 4.98 Å². The number of ether oxygens (including phenoxy) is 1. The van der Waals surface area contributed by atoms with Crippen molar-refractivity contribution in [2.75, 3.05) is 25.6 Å². The molecule has 2 N–H and O–H groups in total. The number of aryl methyl sites for hydroxylation is 1. The Hall–Kier alpha value is -3.18. The molecule has 146 valence electrons. The van der Waals surface area contributed by atoms with Crippen molar-refractivity contribution in [2.24, 2.45) is 0 Å². The van der Waals surface area contributed by atoms with Crippen LogP contribution in [0.1, 0.15) is 16.7 Å². The van der Waals surface area contributed by atoms with Gasteiger partial charge in [0.05, 0.1) is 17.6 Å². The standard InChI is InChI=1S/C24H23N3O2/c1-14-13-19-17(4-6-21(25-2)27-19)23(16(14)8-11-28)18-3-5-20-22-15(9-12-29-20)7-10-26-24(18)22/h3-7,10,13,28H,8-9,11-12H2,1-2H3,(H,25,27). The lowest BCUT2D eigenvalue weighted by atomic mass is 9.88. The third-order valence-electron chi connectivity index (χ3n) is 5.78. The third-order valence-corrected chi connectivity index (χ3v) is 5.78. The highest BCUT2D eigenvalue weighted by atomic mass is 16.5.